The third-order valence-electron chi connectivity index (χ3n) is 3.63. The summed E-state index contributed by atoms with van der Waals surface area (Å²) in [7, 11) is -3.61. The average molecular weight is 311 g/mol. The maximum Gasteiger partial charge on any atom is 0.243 e. The molecule has 1 saturated heterocycles. The van der Waals surface area contributed by atoms with Gasteiger partial charge in [0.1, 0.15) is 0 Å². The van der Waals surface area contributed by atoms with Crippen LogP contribution in [0.15, 0.2) is 29.2 Å². The maximum absolute atomic E-state index is 12.8. The Morgan fingerprint density at radius 2 is 2.10 bits per heavy atom. The number of benzene rings is 1. The van der Waals surface area contributed by atoms with E-state index in [0.29, 0.717) is 25.1 Å². The lowest BCUT2D eigenvalue weighted by Crippen LogP contribution is -2.50. The molecule has 0 N–H and O–H groups in total. The van der Waals surface area contributed by atoms with Crippen LogP contribution >= 0.6 is 0 Å². The number of ether oxygens (including phenoxy) is 1. The van der Waals surface area contributed by atoms with E-state index in [2.05, 4.69) is 0 Å². The van der Waals surface area contributed by atoms with Crippen molar-refractivity contribution in [1.82, 2.24) is 4.31 Å². The minimum absolute atomic E-state index is 0.0598. The van der Waals surface area contributed by atoms with E-state index in [9.17, 15) is 13.2 Å². The fourth-order valence-electron chi connectivity index (χ4n) is 2.38. The van der Waals surface area contributed by atoms with Crippen molar-refractivity contribution in [3.05, 3.63) is 29.8 Å². The molecular formula is C15H21NO4S. The Morgan fingerprint density at radius 3 is 2.76 bits per heavy atom. The molecule has 0 aliphatic carbocycles. The number of hydrogen-bond acceptors (Lipinski definition) is 4. The number of Topliss-reactive ketones (excluding diaryl/α,β-unsaturated/α-hetero) is 1. The van der Waals surface area contributed by atoms with Crippen LogP contribution in [0, 0.1) is 0 Å². The van der Waals surface area contributed by atoms with Crippen molar-refractivity contribution in [2.45, 2.75) is 44.2 Å². The van der Waals surface area contributed by atoms with Gasteiger partial charge in [0.25, 0.3) is 0 Å². The van der Waals surface area contributed by atoms with Gasteiger partial charge in [0, 0.05) is 24.6 Å². The van der Waals surface area contributed by atoms with Gasteiger partial charge in [-0.1, -0.05) is 19.1 Å². The van der Waals surface area contributed by atoms with Crippen molar-refractivity contribution in [3.8, 4) is 0 Å². The van der Waals surface area contributed by atoms with Gasteiger partial charge in [0.2, 0.25) is 10.0 Å². The van der Waals surface area contributed by atoms with Crippen molar-refractivity contribution in [1.29, 1.82) is 0 Å². The molecular weight excluding hydrogens is 290 g/mol. The molecule has 1 aliphatic heterocycles. The third kappa shape index (κ3) is 3.33. The minimum atomic E-state index is -3.61. The van der Waals surface area contributed by atoms with Crippen molar-refractivity contribution in [2.75, 3.05) is 13.2 Å². The van der Waals surface area contributed by atoms with Crippen LogP contribution in [-0.4, -0.2) is 43.8 Å². The minimum Gasteiger partial charge on any atom is -0.375 e. The largest absolute Gasteiger partial charge is 0.375 e. The number of rotatable bonds is 4. The second-order valence-corrected chi connectivity index (χ2v) is 7.26. The molecule has 1 heterocycles. The van der Waals surface area contributed by atoms with E-state index >= 15 is 0 Å². The Hall–Kier alpha value is -1.24. The van der Waals surface area contributed by atoms with Crippen LogP contribution in [0.4, 0.5) is 0 Å². The first kappa shape index (κ1) is 16.1. The Balaban J connectivity index is 2.37. The summed E-state index contributed by atoms with van der Waals surface area (Å²) in [6.07, 6.45) is 0.227. The summed E-state index contributed by atoms with van der Waals surface area (Å²) in [6, 6.07) is 6.06. The summed E-state index contributed by atoms with van der Waals surface area (Å²) in [5, 5.41) is 0. The first-order valence-electron chi connectivity index (χ1n) is 7.13. The number of morpholine rings is 1. The fourth-order valence-corrected chi connectivity index (χ4v) is 4.12. The second-order valence-electron chi connectivity index (χ2n) is 5.37. The zero-order valence-corrected chi connectivity index (χ0v) is 13.4. The predicted molar refractivity (Wildman–Crippen MR) is 79.8 cm³/mol. The first-order valence-corrected chi connectivity index (χ1v) is 8.57. The Morgan fingerprint density at radius 1 is 1.38 bits per heavy atom. The lowest BCUT2D eigenvalue weighted by atomic mass is 10.1. The number of ketones is 1. The molecule has 0 spiro atoms. The van der Waals surface area contributed by atoms with Gasteiger partial charge in [-0.05, 0) is 26.0 Å². The molecule has 6 heteroatoms. The molecule has 0 aromatic heterocycles. The van der Waals surface area contributed by atoms with Gasteiger partial charge in [-0.15, -0.1) is 0 Å². The van der Waals surface area contributed by atoms with E-state index in [4.69, 9.17) is 4.74 Å². The number of nitrogens with zero attached hydrogens (tertiary/aromatic N) is 1. The van der Waals surface area contributed by atoms with Crippen LogP contribution in [0.5, 0.6) is 0 Å². The van der Waals surface area contributed by atoms with Gasteiger partial charge in [-0.2, -0.15) is 4.31 Å². The zero-order chi connectivity index (χ0) is 15.6. The lowest BCUT2D eigenvalue weighted by molar-refractivity contribution is -0.0170. The van der Waals surface area contributed by atoms with Crippen molar-refractivity contribution in [3.63, 3.8) is 0 Å². The number of carbonyl (C=O) groups is 1. The summed E-state index contributed by atoms with van der Waals surface area (Å²) in [4.78, 5) is 11.9. The quantitative estimate of drug-likeness (QED) is 0.799. The number of hydrogen-bond donors (Lipinski definition) is 0. The Kier molecular flexibility index (Phi) is 4.81. The van der Waals surface area contributed by atoms with Crippen LogP contribution in [0.25, 0.3) is 0 Å². The van der Waals surface area contributed by atoms with Crippen molar-refractivity contribution >= 4 is 15.8 Å². The number of sulfonamides is 1. The van der Waals surface area contributed by atoms with Gasteiger partial charge < -0.3 is 4.74 Å². The van der Waals surface area contributed by atoms with Crippen molar-refractivity contribution < 1.29 is 17.9 Å². The third-order valence-corrected chi connectivity index (χ3v) is 5.61. The molecule has 0 amide bonds. The van der Waals surface area contributed by atoms with E-state index in [-0.39, 0.29) is 22.8 Å². The van der Waals surface area contributed by atoms with Gasteiger partial charge in [0.05, 0.1) is 17.6 Å². The highest BCUT2D eigenvalue weighted by Crippen LogP contribution is 2.23. The monoisotopic (exact) mass is 311 g/mol. The molecule has 1 fully saturated rings. The Labute approximate surface area is 126 Å². The van der Waals surface area contributed by atoms with Crippen LogP contribution in [0.2, 0.25) is 0 Å². The topological polar surface area (TPSA) is 63.7 Å². The van der Waals surface area contributed by atoms with Crippen LogP contribution in [0.3, 0.4) is 0 Å². The summed E-state index contributed by atoms with van der Waals surface area (Å²) in [6.45, 7) is 6.15. The fraction of sp³-hybridized carbons (Fsp3) is 0.533. The molecule has 2 rings (SSSR count). The predicted octanol–water partition coefficient (Wildman–Crippen LogP) is 2.08. The smallest absolute Gasteiger partial charge is 0.243 e. The molecule has 0 bridgehead atoms. The summed E-state index contributed by atoms with van der Waals surface area (Å²) in [5.74, 6) is -0.0598. The molecule has 2 atom stereocenters. The zero-order valence-electron chi connectivity index (χ0n) is 12.6. The first-order chi connectivity index (χ1) is 9.86. The van der Waals surface area contributed by atoms with Gasteiger partial charge in [0.15, 0.2) is 5.78 Å². The maximum atomic E-state index is 12.8. The molecule has 1 aliphatic rings. The molecule has 5 nitrogen and oxygen atoms in total. The summed E-state index contributed by atoms with van der Waals surface area (Å²) < 4.78 is 32.5. The highest BCUT2D eigenvalue weighted by Gasteiger charge is 2.34. The molecule has 1 aromatic rings. The number of carbonyl (C=O) groups excluding carboxylic acids is 1. The summed E-state index contributed by atoms with van der Waals surface area (Å²) >= 11 is 0. The SMILES string of the molecule is CCC(=O)c1cccc(S(=O)(=O)N2CC(C)OCC2C)c1. The highest BCUT2D eigenvalue weighted by molar-refractivity contribution is 7.89. The molecule has 0 radical (unpaired) electrons. The second kappa shape index (κ2) is 6.25. The standard InChI is InChI=1S/C15H21NO4S/c1-4-15(17)13-6-5-7-14(8-13)21(18,19)16-9-12(3)20-10-11(16)2/h5-8,11-12H,4,9-10H2,1-3H3. The average Bonchev–Trinajstić information content (AvgIpc) is 2.49. The van der Waals surface area contributed by atoms with E-state index in [0.717, 1.165) is 0 Å². The lowest BCUT2D eigenvalue weighted by Gasteiger charge is -2.35. The van der Waals surface area contributed by atoms with Gasteiger partial charge in [-0.3, -0.25) is 4.79 Å². The molecule has 2 unspecified atom stereocenters. The van der Waals surface area contributed by atoms with E-state index in [1.54, 1.807) is 19.1 Å². The molecule has 21 heavy (non-hydrogen) atoms. The van der Waals surface area contributed by atoms with E-state index in [1.165, 1.54) is 16.4 Å². The Bertz CT molecular complexity index is 626. The van der Waals surface area contributed by atoms with Gasteiger partial charge in [-0.25, -0.2) is 8.42 Å². The summed E-state index contributed by atoms with van der Waals surface area (Å²) in [5.41, 5.74) is 0.438. The van der Waals surface area contributed by atoms with Gasteiger partial charge >= 0.3 is 0 Å². The van der Waals surface area contributed by atoms with E-state index < -0.39 is 10.0 Å². The molecule has 1 aromatic carbocycles. The van der Waals surface area contributed by atoms with Crippen LogP contribution in [0.1, 0.15) is 37.6 Å². The van der Waals surface area contributed by atoms with Crippen LogP contribution < -0.4 is 0 Å². The molecule has 0 saturated carbocycles. The normalized spacial score (nSPS) is 24.0. The van der Waals surface area contributed by atoms with E-state index in [1.807, 2.05) is 13.8 Å². The molecule has 116 valence electrons. The van der Waals surface area contributed by atoms with Crippen molar-refractivity contribution in [2.24, 2.45) is 0 Å². The van der Waals surface area contributed by atoms with Crippen LogP contribution in [-0.2, 0) is 14.8 Å². The highest BCUT2D eigenvalue weighted by atomic mass is 32.2.